The van der Waals surface area contributed by atoms with E-state index in [1.165, 1.54) is 0 Å². The molecule has 0 aliphatic heterocycles. The molecule has 0 spiro atoms. The monoisotopic (exact) mass is 1300 g/mol. The van der Waals surface area contributed by atoms with Crippen LogP contribution in [0, 0.1) is 170 Å². The molecule has 0 aromatic rings. The number of rotatable bonds is 2. The summed E-state index contributed by atoms with van der Waals surface area (Å²) in [6.45, 7) is 1.73. The summed E-state index contributed by atoms with van der Waals surface area (Å²) < 4.78 is 4.49. The van der Waals surface area contributed by atoms with Crippen LogP contribution < -0.4 is 0 Å². The van der Waals surface area contributed by atoms with Crippen LogP contribution >= 0.6 is 0 Å². The van der Waals surface area contributed by atoms with Crippen molar-refractivity contribution < 1.29 is 159 Å². The van der Waals surface area contributed by atoms with Crippen molar-refractivity contribution in [3.05, 3.63) is 14.0 Å². The summed E-state index contributed by atoms with van der Waals surface area (Å²) in [5.41, 5.74) is 0. The van der Waals surface area contributed by atoms with E-state index in [1.807, 2.05) is 16.3 Å². The zero-order chi connectivity index (χ0) is 4.12. The fourth-order valence-electron chi connectivity index (χ4n) is 0.0680. The first kappa shape index (κ1) is 43.3. The molecule has 0 heterocycles. The second-order valence-corrected chi connectivity index (χ2v) is 1.44. The predicted molar refractivity (Wildman–Crippen MR) is 29.5 cm³/mol. The molecule has 11 heavy (non-hydrogen) atoms. The zero-order valence-corrected chi connectivity index (χ0v) is 29.9. The topological polar surface area (TPSA) is 9.23 Å². The van der Waals surface area contributed by atoms with Gasteiger partial charge in [-0.3, -0.25) is 6.61 Å². The van der Waals surface area contributed by atoms with Gasteiger partial charge in [-0.1, -0.05) is 0 Å². The third-order valence-corrected chi connectivity index (χ3v) is 0.642. The Morgan fingerprint density at radius 1 is 1.09 bits per heavy atom. The summed E-state index contributed by atoms with van der Waals surface area (Å²) in [7, 11) is 0. The molecule has 8 heteroatoms. The Morgan fingerprint density at radius 2 is 1.36 bits per heavy atom. The maximum atomic E-state index is 4.49. The first-order valence-corrected chi connectivity index (χ1v) is 2.85. The van der Waals surface area contributed by atoms with E-state index in [1.54, 1.807) is 6.61 Å². The normalized spacial score (nSPS) is 3.64. The van der Waals surface area contributed by atoms with Crippen molar-refractivity contribution in [2.75, 3.05) is 0 Å². The second-order valence-electron chi connectivity index (χ2n) is 0.591. The van der Waals surface area contributed by atoms with E-state index in [0.717, 1.165) is 5.28 Å². The summed E-state index contributed by atoms with van der Waals surface area (Å²) >= 11 is 4.00. The van der Waals surface area contributed by atoms with Crippen LogP contribution in [0.2, 0.25) is 5.28 Å². The van der Waals surface area contributed by atoms with Gasteiger partial charge in [0.25, 0.3) is 0 Å². The molecule has 0 aromatic heterocycles. The van der Waals surface area contributed by atoms with Crippen molar-refractivity contribution in [2.24, 2.45) is 0 Å². The van der Waals surface area contributed by atoms with Crippen molar-refractivity contribution in [3.63, 3.8) is 0 Å². The van der Waals surface area contributed by atoms with Gasteiger partial charge in [0.15, 0.2) is 0 Å². The van der Waals surface area contributed by atoms with Gasteiger partial charge in [-0.05, 0) is 0 Å². The van der Waals surface area contributed by atoms with Crippen molar-refractivity contribution in [2.45, 2.75) is 5.28 Å². The van der Waals surface area contributed by atoms with Gasteiger partial charge in [-0.2, -0.15) is 0 Å². The molecule has 0 amide bonds. The van der Waals surface area contributed by atoms with Crippen molar-refractivity contribution in [1.82, 2.24) is 0 Å². The maximum Gasteiger partial charge on any atom is 0.331 e. The van der Waals surface area contributed by atoms with Crippen LogP contribution in [0.1, 0.15) is 0 Å². The Hall–Kier alpha value is 6.28. The SMILES string of the molecule is [Al][O][CH-][CH2][AlH].[CH3-].[U].[U].[U].[U].[U]. The van der Waals surface area contributed by atoms with Crippen LogP contribution in [0.25, 0.3) is 0 Å². The van der Waals surface area contributed by atoms with Crippen LogP contribution in [0.4, 0.5) is 0 Å². The number of hydrogen-bond donors (Lipinski definition) is 0. The van der Waals surface area contributed by atoms with Gasteiger partial charge in [0.1, 0.15) is 16.3 Å². The Labute approximate surface area is 206 Å². The fraction of sp³-hybridized carbons (Fsp3) is 0.333. The smallest absolute Gasteiger partial charge is 0.331 e. The van der Waals surface area contributed by atoms with E-state index in [0.29, 0.717) is 0 Å². The van der Waals surface area contributed by atoms with Gasteiger partial charge in [0.2, 0.25) is 0 Å². The Balaban J connectivity index is -0.00000000533. The quantitative estimate of drug-likeness (QED) is 0.281. The molecule has 0 aliphatic carbocycles. The zero-order valence-electron chi connectivity index (χ0n) is 6.48. The van der Waals surface area contributed by atoms with E-state index in [4.69, 9.17) is 0 Å². The molecule has 53 valence electrons. The first-order valence-electron chi connectivity index (χ1n) is 1.38. The third-order valence-electron chi connectivity index (χ3n) is 0.214. The van der Waals surface area contributed by atoms with Gasteiger partial charge in [-0.15, -0.1) is 0 Å². The Morgan fingerprint density at radius 3 is 1.36 bits per heavy atom. The third kappa shape index (κ3) is 48.4. The molecule has 0 aliphatic rings. The summed E-state index contributed by atoms with van der Waals surface area (Å²) in [6, 6.07) is 0. The fourth-order valence-corrected chi connectivity index (χ4v) is 0.612. The van der Waals surface area contributed by atoms with Gasteiger partial charge < -0.3 is 11.2 Å². The molecule has 1 nitrogen and oxygen atoms in total. The largest absolute Gasteiger partial charge is 0.689 e. The number of hydrogen-bond acceptors (Lipinski definition) is 1. The van der Waals surface area contributed by atoms with Crippen molar-refractivity contribution >= 4 is 32.9 Å². The molecule has 0 aromatic carbocycles. The van der Waals surface area contributed by atoms with Crippen molar-refractivity contribution in [1.29, 1.82) is 0 Å². The minimum Gasteiger partial charge on any atom is -0.689 e. The van der Waals surface area contributed by atoms with E-state index >= 15 is 0 Å². The molecule has 0 fully saturated rings. The molecule has 0 bridgehead atoms. The van der Waals surface area contributed by atoms with Gasteiger partial charge in [0, 0.05) is 156 Å². The molecule has 0 unspecified atom stereocenters. The summed E-state index contributed by atoms with van der Waals surface area (Å²) in [5.74, 6) is 0. The summed E-state index contributed by atoms with van der Waals surface area (Å²) in [5, 5.41) is 1.00. The molecule has 0 saturated heterocycles. The van der Waals surface area contributed by atoms with Crippen LogP contribution in [-0.4, -0.2) is 32.9 Å². The Kier molecular flexibility index (Phi) is 174. The van der Waals surface area contributed by atoms with Crippen LogP contribution in [0.3, 0.4) is 0 Å². The molecule has 0 saturated carbocycles. The predicted octanol–water partition coefficient (Wildman–Crippen LogP) is 0.0177. The van der Waals surface area contributed by atoms with E-state index in [2.05, 4.69) is 20.4 Å². The second kappa shape index (κ2) is 44.1. The van der Waals surface area contributed by atoms with Crippen LogP contribution in [0.5, 0.6) is 0 Å². The first-order chi connectivity index (χ1) is 2.41. The molecular weight excluding hydrogens is 1300 g/mol. The Bertz CT molecular complexity index is 27.2. The molecule has 0 N–H and O–H groups in total. The van der Waals surface area contributed by atoms with Gasteiger partial charge in [0.05, 0.1) is 0 Å². The van der Waals surface area contributed by atoms with Crippen LogP contribution in [-0.2, 0) is 3.79 Å². The standard InChI is InChI=1S/C2H3O.CH3.2Al.5U.H/c1-2-3;;;;;;;;;/h2H,1H2;1H3;;;;;;;;/q-2;-1;;+1;;;;;;. The van der Waals surface area contributed by atoms with Gasteiger partial charge >= 0.3 is 16.6 Å². The minimum atomic E-state index is 0. The minimum absolute atomic E-state index is 0. The van der Waals surface area contributed by atoms with E-state index < -0.39 is 0 Å². The van der Waals surface area contributed by atoms with E-state index in [-0.39, 0.29) is 163 Å². The maximum absolute atomic E-state index is 4.49. The average Bonchev–Trinajstić information content (AvgIpc) is 1.41. The van der Waals surface area contributed by atoms with E-state index in [9.17, 15) is 0 Å². The molecule has 0 rings (SSSR count). The van der Waals surface area contributed by atoms with Crippen LogP contribution in [0.15, 0.2) is 0 Å². The average molecular weight is 1300 g/mol. The molecule has 0 atom stereocenters. The van der Waals surface area contributed by atoms with Gasteiger partial charge in [-0.25, -0.2) is 5.28 Å². The molecule has 3 radical (unpaired) electrons. The summed E-state index contributed by atoms with van der Waals surface area (Å²) in [4.78, 5) is 0. The summed E-state index contributed by atoms with van der Waals surface area (Å²) in [6.07, 6.45) is 0. The van der Waals surface area contributed by atoms with Crippen molar-refractivity contribution in [3.8, 4) is 0 Å². The molecular formula is C3H7Al2OU5-2.